The Labute approximate surface area is 184 Å². The van der Waals surface area contributed by atoms with Gasteiger partial charge in [0.2, 0.25) is 11.9 Å². The molecule has 32 heavy (non-hydrogen) atoms. The second-order valence-electron chi connectivity index (χ2n) is 7.18. The molecule has 9 nitrogen and oxygen atoms in total. The van der Waals surface area contributed by atoms with Crippen LogP contribution < -0.4 is 16.1 Å². The topological polar surface area (TPSA) is 121 Å². The van der Waals surface area contributed by atoms with Gasteiger partial charge in [-0.2, -0.15) is 0 Å². The summed E-state index contributed by atoms with van der Waals surface area (Å²) in [4.78, 5) is 32.1. The van der Waals surface area contributed by atoms with Gasteiger partial charge in [0.05, 0.1) is 5.69 Å². The molecule has 0 spiro atoms. The van der Waals surface area contributed by atoms with E-state index < -0.39 is 5.91 Å². The first kappa shape index (κ1) is 21.0. The number of benzene rings is 2. The number of hydrogen-bond donors (Lipinski definition) is 4. The van der Waals surface area contributed by atoms with Crippen LogP contribution >= 0.6 is 0 Å². The second kappa shape index (κ2) is 9.27. The van der Waals surface area contributed by atoms with E-state index in [0.29, 0.717) is 11.5 Å². The predicted octanol–water partition coefficient (Wildman–Crippen LogP) is 3.00. The van der Waals surface area contributed by atoms with Gasteiger partial charge in [-0.05, 0) is 36.4 Å². The zero-order valence-corrected chi connectivity index (χ0v) is 17.4. The average Bonchev–Trinajstić information content (AvgIpc) is 3.16. The Morgan fingerprint density at radius 2 is 1.84 bits per heavy atom. The smallest absolute Gasteiger partial charge is 0.251 e. The minimum Gasteiger partial charge on any atom is -0.352 e. The van der Waals surface area contributed by atoms with Crippen LogP contribution in [-0.2, 0) is 11.8 Å². The minimum absolute atomic E-state index is 0.00768. The van der Waals surface area contributed by atoms with E-state index in [9.17, 15) is 9.59 Å². The number of rotatable bonds is 7. The normalized spacial score (nSPS) is 10.7. The predicted molar refractivity (Wildman–Crippen MR) is 121 cm³/mol. The van der Waals surface area contributed by atoms with Gasteiger partial charge in [-0.25, -0.2) is 15.4 Å². The molecule has 0 unspecified atom stereocenters. The maximum atomic E-state index is 12.1. The molecule has 0 aliphatic heterocycles. The van der Waals surface area contributed by atoms with Crippen molar-refractivity contribution in [1.29, 1.82) is 0 Å². The van der Waals surface area contributed by atoms with E-state index in [1.807, 2.05) is 31.4 Å². The molecule has 2 amide bonds. The molecular weight excluding hydrogens is 408 g/mol. The van der Waals surface area contributed by atoms with Gasteiger partial charge >= 0.3 is 0 Å². The fourth-order valence-electron chi connectivity index (χ4n) is 3.40. The van der Waals surface area contributed by atoms with Crippen molar-refractivity contribution in [3.05, 3.63) is 72.6 Å². The van der Waals surface area contributed by atoms with Crippen molar-refractivity contribution in [1.82, 2.24) is 25.3 Å². The quantitative estimate of drug-likeness (QED) is 0.264. The Morgan fingerprint density at radius 1 is 1.06 bits per heavy atom. The van der Waals surface area contributed by atoms with Gasteiger partial charge in [0, 0.05) is 60.1 Å². The molecule has 4 N–H and O–H groups in total. The molecule has 0 saturated heterocycles. The van der Waals surface area contributed by atoms with E-state index in [1.165, 1.54) is 5.48 Å². The highest BCUT2D eigenvalue weighted by Crippen LogP contribution is 2.29. The van der Waals surface area contributed by atoms with Crippen LogP contribution in [0.5, 0.6) is 0 Å². The van der Waals surface area contributed by atoms with Gasteiger partial charge < -0.3 is 15.2 Å². The Morgan fingerprint density at radius 3 is 2.62 bits per heavy atom. The third kappa shape index (κ3) is 4.57. The molecule has 2 aromatic carbocycles. The lowest BCUT2D eigenvalue weighted by atomic mass is 10.1. The minimum atomic E-state index is -0.560. The van der Waals surface area contributed by atoms with Crippen LogP contribution in [0.2, 0.25) is 0 Å². The Kier molecular flexibility index (Phi) is 6.09. The molecule has 0 atom stereocenters. The van der Waals surface area contributed by atoms with Gasteiger partial charge in [-0.15, -0.1) is 0 Å². The molecule has 4 rings (SSSR count). The van der Waals surface area contributed by atoms with Crippen LogP contribution in [0.3, 0.4) is 0 Å². The van der Waals surface area contributed by atoms with Crippen molar-refractivity contribution in [2.45, 2.75) is 6.42 Å². The number of hydrogen-bond acceptors (Lipinski definition) is 6. The maximum Gasteiger partial charge on any atom is 0.251 e. The number of para-hydroxylation sites is 1. The number of aryl methyl sites for hydroxylation is 1. The van der Waals surface area contributed by atoms with Gasteiger partial charge in [0.1, 0.15) is 0 Å². The van der Waals surface area contributed by atoms with E-state index in [-0.39, 0.29) is 18.9 Å². The highest BCUT2D eigenvalue weighted by molar-refractivity contribution is 5.95. The number of carbonyl (C=O) groups is 2. The molecule has 0 fully saturated rings. The van der Waals surface area contributed by atoms with Crippen molar-refractivity contribution < 1.29 is 14.8 Å². The summed E-state index contributed by atoms with van der Waals surface area (Å²) in [5, 5.41) is 15.4. The summed E-state index contributed by atoms with van der Waals surface area (Å²) in [6, 6.07) is 16.9. The molecule has 0 aliphatic rings. The van der Waals surface area contributed by atoms with Crippen molar-refractivity contribution >= 4 is 34.4 Å². The lowest BCUT2D eigenvalue weighted by Crippen LogP contribution is -2.29. The van der Waals surface area contributed by atoms with Gasteiger partial charge in [-0.1, -0.05) is 18.2 Å². The number of nitrogens with one attached hydrogen (secondary N) is 3. The van der Waals surface area contributed by atoms with Crippen molar-refractivity contribution in [3.8, 4) is 11.3 Å². The lowest BCUT2D eigenvalue weighted by Gasteiger charge is -2.08. The summed E-state index contributed by atoms with van der Waals surface area (Å²) in [5.74, 6) is -0.422. The van der Waals surface area contributed by atoms with Gasteiger partial charge in [0.15, 0.2) is 0 Å². The summed E-state index contributed by atoms with van der Waals surface area (Å²) >= 11 is 0. The third-order valence-corrected chi connectivity index (χ3v) is 4.99. The monoisotopic (exact) mass is 430 g/mol. The molecule has 0 radical (unpaired) electrons. The number of anilines is 2. The van der Waals surface area contributed by atoms with E-state index >= 15 is 0 Å². The van der Waals surface area contributed by atoms with Crippen molar-refractivity contribution in [2.75, 3.05) is 11.9 Å². The SMILES string of the molecule is Cn1cc(-c2ccnc(Nc3ccc(C(=O)NCCC(=O)NO)cc3)n2)c2ccccc21. The van der Waals surface area contributed by atoms with Crippen molar-refractivity contribution in [3.63, 3.8) is 0 Å². The Balaban J connectivity index is 1.46. The van der Waals surface area contributed by atoms with Crippen LogP contribution in [0.25, 0.3) is 22.2 Å². The lowest BCUT2D eigenvalue weighted by molar-refractivity contribution is -0.129. The largest absolute Gasteiger partial charge is 0.352 e. The molecule has 2 aromatic heterocycles. The third-order valence-electron chi connectivity index (χ3n) is 4.99. The number of aromatic nitrogens is 3. The molecule has 4 aromatic rings. The van der Waals surface area contributed by atoms with Gasteiger partial charge in [-0.3, -0.25) is 14.8 Å². The van der Waals surface area contributed by atoms with Crippen molar-refractivity contribution in [2.24, 2.45) is 7.05 Å². The van der Waals surface area contributed by atoms with E-state index in [2.05, 4.69) is 37.3 Å². The van der Waals surface area contributed by atoms with E-state index in [0.717, 1.165) is 27.8 Å². The summed E-state index contributed by atoms with van der Waals surface area (Å²) in [7, 11) is 2.01. The average molecular weight is 430 g/mol. The number of nitrogens with zero attached hydrogens (tertiary/aromatic N) is 3. The standard InChI is InChI=1S/C23H22N6O3/c1-29-14-18(17-4-2-3-5-20(17)29)19-10-12-25-23(27-19)26-16-8-6-15(7-9-16)22(31)24-13-11-21(30)28-32/h2-10,12,14,32H,11,13H2,1H3,(H,24,31)(H,28,30)(H,25,26,27). The Bertz CT molecular complexity index is 1270. The van der Waals surface area contributed by atoms with Crippen LogP contribution in [0.1, 0.15) is 16.8 Å². The number of hydroxylamine groups is 1. The second-order valence-corrected chi connectivity index (χ2v) is 7.18. The zero-order valence-electron chi connectivity index (χ0n) is 17.4. The highest BCUT2D eigenvalue weighted by atomic mass is 16.5. The summed E-state index contributed by atoms with van der Waals surface area (Å²) in [5.41, 5.74) is 5.66. The fourth-order valence-corrected chi connectivity index (χ4v) is 3.40. The highest BCUT2D eigenvalue weighted by Gasteiger charge is 2.11. The van der Waals surface area contributed by atoms with Crippen LogP contribution in [0.4, 0.5) is 11.6 Å². The maximum absolute atomic E-state index is 12.1. The molecule has 162 valence electrons. The molecule has 2 heterocycles. The molecule has 0 saturated carbocycles. The summed E-state index contributed by atoms with van der Waals surface area (Å²) < 4.78 is 2.07. The first-order valence-electron chi connectivity index (χ1n) is 10.0. The first-order chi connectivity index (χ1) is 15.5. The summed E-state index contributed by atoms with van der Waals surface area (Å²) in [6.07, 6.45) is 3.75. The number of carbonyl (C=O) groups excluding carboxylic acids is 2. The van der Waals surface area contributed by atoms with Crippen LogP contribution in [-0.4, -0.2) is 38.1 Å². The molecular formula is C23H22N6O3. The number of fused-ring (bicyclic) bond motifs is 1. The first-order valence-corrected chi connectivity index (χ1v) is 10.0. The van der Waals surface area contributed by atoms with E-state index in [4.69, 9.17) is 5.21 Å². The van der Waals surface area contributed by atoms with Gasteiger partial charge in [0.25, 0.3) is 5.91 Å². The Hall–Kier alpha value is -4.24. The van der Waals surface area contributed by atoms with E-state index in [1.54, 1.807) is 30.5 Å². The molecule has 9 heteroatoms. The molecule has 0 bridgehead atoms. The summed E-state index contributed by atoms with van der Waals surface area (Å²) in [6.45, 7) is 0.125. The number of amides is 2. The molecule has 0 aliphatic carbocycles. The zero-order chi connectivity index (χ0) is 22.5. The van der Waals surface area contributed by atoms with Crippen LogP contribution in [0.15, 0.2) is 67.0 Å². The fraction of sp³-hybridized carbons (Fsp3) is 0.130. The van der Waals surface area contributed by atoms with Crippen LogP contribution in [0, 0.1) is 0 Å².